The van der Waals surface area contributed by atoms with E-state index in [4.69, 9.17) is 0 Å². The van der Waals surface area contributed by atoms with Gasteiger partial charge in [-0.15, -0.1) is 0 Å². The molecule has 1 aliphatic rings. The summed E-state index contributed by atoms with van der Waals surface area (Å²) in [5.74, 6) is -0.660. The summed E-state index contributed by atoms with van der Waals surface area (Å²) in [7, 11) is -3.84. The van der Waals surface area contributed by atoms with E-state index in [0.717, 1.165) is 0 Å². The van der Waals surface area contributed by atoms with Gasteiger partial charge in [0.05, 0.1) is 4.90 Å². The smallest absolute Gasteiger partial charge is 0.324 e. The third-order valence-electron chi connectivity index (χ3n) is 4.25. The van der Waals surface area contributed by atoms with Crippen LogP contribution in [0.2, 0.25) is 0 Å². The summed E-state index contributed by atoms with van der Waals surface area (Å²) >= 11 is 0. The lowest BCUT2D eigenvalue weighted by molar-refractivity contribution is -0.145. The monoisotopic (exact) mass is 311 g/mol. The Morgan fingerprint density at radius 2 is 1.86 bits per heavy atom. The molecule has 0 aromatic heterocycles. The van der Waals surface area contributed by atoms with Crippen molar-refractivity contribution in [2.75, 3.05) is 0 Å². The zero-order chi connectivity index (χ0) is 15.7. The number of nitrogens with one attached hydrogen (secondary N) is 1. The lowest BCUT2D eigenvalue weighted by Gasteiger charge is -2.36. The molecule has 2 N–H and O–H groups in total. The third kappa shape index (κ3) is 3.27. The van der Waals surface area contributed by atoms with Crippen LogP contribution in [0.3, 0.4) is 0 Å². The number of hydrogen-bond acceptors (Lipinski definition) is 3. The number of carboxylic acid groups (broad SMARTS) is 1. The zero-order valence-corrected chi connectivity index (χ0v) is 13.1. The maximum Gasteiger partial charge on any atom is 0.324 e. The number of carboxylic acids is 1. The molecule has 1 aromatic rings. The predicted octanol–water partition coefficient (Wildman–Crippen LogP) is 2.31. The highest BCUT2D eigenvalue weighted by atomic mass is 32.2. The van der Waals surface area contributed by atoms with Crippen LogP contribution < -0.4 is 4.72 Å². The second-order valence-electron chi connectivity index (χ2n) is 5.94. The van der Waals surface area contributed by atoms with Crippen LogP contribution in [0.5, 0.6) is 0 Å². The summed E-state index contributed by atoms with van der Waals surface area (Å²) in [6.45, 7) is 3.76. The van der Waals surface area contributed by atoms with Gasteiger partial charge in [-0.1, -0.05) is 25.1 Å². The Bertz CT molecular complexity index is 631. The number of rotatable bonds is 4. The summed E-state index contributed by atoms with van der Waals surface area (Å²) in [4.78, 5) is 11.8. The third-order valence-corrected chi connectivity index (χ3v) is 5.95. The molecular weight excluding hydrogens is 290 g/mol. The second-order valence-corrected chi connectivity index (χ2v) is 7.59. The van der Waals surface area contributed by atoms with Crippen molar-refractivity contribution in [3.63, 3.8) is 0 Å². The maximum absolute atomic E-state index is 12.5. The maximum atomic E-state index is 12.5. The molecule has 0 unspecified atom stereocenters. The molecule has 116 valence electrons. The Balaban J connectivity index is 2.33. The van der Waals surface area contributed by atoms with E-state index >= 15 is 0 Å². The number of benzene rings is 1. The highest BCUT2D eigenvalue weighted by Crippen LogP contribution is 2.33. The molecule has 0 amide bonds. The average Bonchev–Trinajstić information content (AvgIpc) is 2.41. The minimum atomic E-state index is -3.84. The lowest BCUT2D eigenvalue weighted by atomic mass is 9.78. The Labute approximate surface area is 125 Å². The van der Waals surface area contributed by atoms with E-state index < -0.39 is 21.5 Å². The van der Waals surface area contributed by atoms with Gasteiger partial charge in [0.15, 0.2) is 0 Å². The molecule has 1 aromatic carbocycles. The molecule has 0 spiro atoms. The molecule has 0 heterocycles. The summed E-state index contributed by atoms with van der Waals surface area (Å²) in [5, 5.41) is 9.53. The molecule has 5 nitrogen and oxygen atoms in total. The molecule has 0 atom stereocenters. The van der Waals surface area contributed by atoms with Gasteiger partial charge in [-0.25, -0.2) is 8.42 Å². The fourth-order valence-electron chi connectivity index (χ4n) is 2.78. The van der Waals surface area contributed by atoms with Crippen LogP contribution in [0.15, 0.2) is 29.2 Å². The molecule has 6 heteroatoms. The number of aryl methyl sites for hydroxylation is 1. The Morgan fingerprint density at radius 1 is 1.29 bits per heavy atom. The first kappa shape index (κ1) is 16.0. The minimum Gasteiger partial charge on any atom is -0.480 e. The van der Waals surface area contributed by atoms with E-state index in [1.54, 1.807) is 25.1 Å². The number of aliphatic carboxylic acids is 1. The van der Waals surface area contributed by atoms with E-state index in [2.05, 4.69) is 11.6 Å². The van der Waals surface area contributed by atoms with Gasteiger partial charge in [-0.05, 0) is 50.2 Å². The quantitative estimate of drug-likeness (QED) is 0.893. The van der Waals surface area contributed by atoms with Crippen molar-refractivity contribution in [3.05, 3.63) is 29.8 Å². The average molecular weight is 311 g/mol. The second kappa shape index (κ2) is 5.77. The number of carbonyl (C=O) groups is 1. The van der Waals surface area contributed by atoms with Crippen LogP contribution >= 0.6 is 0 Å². The fraction of sp³-hybridized carbons (Fsp3) is 0.533. The van der Waals surface area contributed by atoms with Crippen LogP contribution in [-0.4, -0.2) is 25.0 Å². The van der Waals surface area contributed by atoms with Crippen molar-refractivity contribution in [2.24, 2.45) is 5.92 Å². The lowest BCUT2D eigenvalue weighted by Crippen LogP contribution is -2.56. The van der Waals surface area contributed by atoms with E-state index in [1.807, 2.05) is 0 Å². The Hall–Kier alpha value is -1.40. The van der Waals surface area contributed by atoms with Crippen LogP contribution in [0.25, 0.3) is 0 Å². The van der Waals surface area contributed by atoms with Crippen molar-refractivity contribution in [1.82, 2.24) is 4.72 Å². The molecule has 0 saturated heterocycles. The first-order chi connectivity index (χ1) is 9.77. The van der Waals surface area contributed by atoms with E-state index in [0.29, 0.717) is 37.2 Å². The van der Waals surface area contributed by atoms with Gasteiger partial charge >= 0.3 is 5.97 Å². The van der Waals surface area contributed by atoms with Crippen molar-refractivity contribution < 1.29 is 18.3 Å². The van der Waals surface area contributed by atoms with Gasteiger partial charge in [0, 0.05) is 0 Å². The van der Waals surface area contributed by atoms with E-state index in [9.17, 15) is 18.3 Å². The fourth-order valence-corrected chi connectivity index (χ4v) is 4.45. The summed E-state index contributed by atoms with van der Waals surface area (Å²) in [5.41, 5.74) is -0.775. The van der Waals surface area contributed by atoms with Crippen molar-refractivity contribution in [1.29, 1.82) is 0 Å². The summed E-state index contributed by atoms with van der Waals surface area (Å²) in [6, 6.07) is 6.59. The van der Waals surface area contributed by atoms with Gasteiger partial charge in [-0.3, -0.25) is 4.79 Å². The van der Waals surface area contributed by atoms with Gasteiger partial charge in [-0.2, -0.15) is 4.72 Å². The van der Waals surface area contributed by atoms with Crippen molar-refractivity contribution >= 4 is 16.0 Å². The summed E-state index contributed by atoms with van der Waals surface area (Å²) in [6.07, 6.45) is 2.08. The van der Waals surface area contributed by atoms with Crippen LogP contribution in [-0.2, 0) is 14.8 Å². The molecule has 0 aliphatic heterocycles. The highest BCUT2D eigenvalue weighted by Gasteiger charge is 2.44. The Kier molecular flexibility index (Phi) is 4.39. The molecule has 1 saturated carbocycles. The standard InChI is InChI=1S/C15H21NO4S/c1-11-7-9-15(10-8-11,14(17)18)16-21(19,20)13-6-4-3-5-12(13)2/h3-6,11,16H,7-10H2,1-2H3,(H,17,18). The van der Waals surface area contributed by atoms with E-state index in [1.165, 1.54) is 6.07 Å². The first-order valence-electron chi connectivity index (χ1n) is 7.10. The van der Waals surface area contributed by atoms with Crippen molar-refractivity contribution in [2.45, 2.75) is 50.0 Å². The molecule has 0 radical (unpaired) electrons. The Morgan fingerprint density at radius 3 is 2.38 bits per heavy atom. The molecular formula is C15H21NO4S. The molecule has 1 aliphatic carbocycles. The highest BCUT2D eigenvalue weighted by molar-refractivity contribution is 7.89. The predicted molar refractivity (Wildman–Crippen MR) is 79.5 cm³/mol. The van der Waals surface area contributed by atoms with Crippen LogP contribution in [0.1, 0.15) is 38.2 Å². The van der Waals surface area contributed by atoms with E-state index in [-0.39, 0.29) is 4.90 Å². The number of hydrogen-bond donors (Lipinski definition) is 2. The molecule has 21 heavy (non-hydrogen) atoms. The zero-order valence-electron chi connectivity index (χ0n) is 12.3. The molecule has 2 rings (SSSR count). The topological polar surface area (TPSA) is 83.5 Å². The van der Waals surface area contributed by atoms with Crippen molar-refractivity contribution in [3.8, 4) is 0 Å². The van der Waals surface area contributed by atoms with Crippen LogP contribution in [0, 0.1) is 12.8 Å². The minimum absolute atomic E-state index is 0.143. The molecule has 0 bridgehead atoms. The number of sulfonamides is 1. The van der Waals surface area contributed by atoms with Gasteiger partial charge < -0.3 is 5.11 Å². The van der Waals surface area contributed by atoms with Crippen LogP contribution in [0.4, 0.5) is 0 Å². The normalized spacial score (nSPS) is 26.5. The van der Waals surface area contributed by atoms with Gasteiger partial charge in [0.25, 0.3) is 0 Å². The van der Waals surface area contributed by atoms with Gasteiger partial charge in [0.1, 0.15) is 5.54 Å². The largest absolute Gasteiger partial charge is 0.480 e. The molecule has 1 fully saturated rings. The SMILES string of the molecule is Cc1ccccc1S(=O)(=O)NC1(C(=O)O)CCC(C)CC1. The first-order valence-corrected chi connectivity index (χ1v) is 8.58. The van der Waals surface area contributed by atoms with Gasteiger partial charge in [0.2, 0.25) is 10.0 Å². The summed E-state index contributed by atoms with van der Waals surface area (Å²) < 4.78 is 27.5.